The highest BCUT2D eigenvalue weighted by Gasteiger charge is 2.37. The molecule has 1 fully saturated rings. The van der Waals surface area contributed by atoms with Gasteiger partial charge >= 0.3 is 0 Å². The molecule has 2 rings (SSSR count). The number of carbonyl (C=O) groups excluding carboxylic acids is 2. The van der Waals surface area contributed by atoms with E-state index in [9.17, 15) is 9.59 Å². The van der Waals surface area contributed by atoms with Gasteiger partial charge in [-0.15, -0.1) is 0 Å². The van der Waals surface area contributed by atoms with Crippen molar-refractivity contribution in [1.82, 2.24) is 25.5 Å². The standard InChI is InChI=1S/C16H27N5O2S/c1-4-17-16(23)13-7-12(20-15(22)5-6-24-3)9-21(13)10-14-18-8-11(2)19-14/h8,12-13H,4-7,9-10H2,1-3H3,(H,17,23)(H,18,19)(H,20,22)/t12-,13-/m0/s1. The molecule has 134 valence electrons. The topological polar surface area (TPSA) is 90.1 Å². The maximum absolute atomic E-state index is 12.4. The Morgan fingerprint density at radius 3 is 2.92 bits per heavy atom. The minimum atomic E-state index is -0.235. The van der Waals surface area contributed by atoms with E-state index in [-0.39, 0.29) is 23.9 Å². The van der Waals surface area contributed by atoms with E-state index in [4.69, 9.17) is 0 Å². The molecule has 2 heterocycles. The molecular formula is C16H27N5O2S. The zero-order valence-electron chi connectivity index (χ0n) is 14.6. The summed E-state index contributed by atoms with van der Waals surface area (Å²) >= 11 is 1.66. The fourth-order valence-electron chi connectivity index (χ4n) is 2.98. The van der Waals surface area contributed by atoms with Gasteiger partial charge in [0.1, 0.15) is 5.82 Å². The summed E-state index contributed by atoms with van der Waals surface area (Å²) in [6.07, 6.45) is 4.92. The van der Waals surface area contributed by atoms with Gasteiger partial charge in [-0.25, -0.2) is 4.98 Å². The fourth-order valence-corrected chi connectivity index (χ4v) is 3.37. The Balaban J connectivity index is 1.99. The van der Waals surface area contributed by atoms with Gasteiger partial charge in [0.25, 0.3) is 0 Å². The van der Waals surface area contributed by atoms with Crippen molar-refractivity contribution < 1.29 is 9.59 Å². The number of aromatic nitrogens is 2. The van der Waals surface area contributed by atoms with Gasteiger partial charge < -0.3 is 15.6 Å². The molecule has 3 N–H and O–H groups in total. The molecule has 1 aromatic heterocycles. The molecule has 0 aromatic carbocycles. The smallest absolute Gasteiger partial charge is 0.237 e. The number of aryl methyl sites for hydroxylation is 1. The van der Waals surface area contributed by atoms with E-state index in [1.165, 1.54) is 0 Å². The first kappa shape index (κ1) is 18.8. The number of nitrogens with zero attached hydrogens (tertiary/aromatic N) is 2. The molecule has 0 bridgehead atoms. The van der Waals surface area contributed by atoms with E-state index in [0.717, 1.165) is 17.3 Å². The average Bonchev–Trinajstić information content (AvgIpc) is 3.12. The van der Waals surface area contributed by atoms with Crippen molar-refractivity contribution in [3.8, 4) is 0 Å². The monoisotopic (exact) mass is 353 g/mol. The van der Waals surface area contributed by atoms with E-state index < -0.39 is 0 Å². The zero-order valence-corrected chi connectivity index (χ0v) is 15.4. The van der Waals surface area contributed by atoms with E-state index in [0.29, 0.717) is 32.5 Å². The largest absolute Gasteiger partial charge is 0.355 e. The van der Waals surface area contributed by atoms with Crippen LogP contribution in [0.2, 0.25) is 0 Å². The Morgan fingerprint density at radius 2 is 2.29 bits per heavy atom. The highest BCUT2D eigenvalue weighted by Crippen LogP contribution is 2.20. The summed E-state index contributed by atoms with van der Waals surface area (Å²) in [5.41, 5.74) is 1.00. The Labute approximate surface area is 147 Å². The van der Waals surface area contributed by atoms with Crippen LogP contribution in [0.1, 0.15) is 31.3 Å². The van der Waals surface area contributed by atoms with E-state index >= 15 is 0 Å². The first-order chi connectivity index (χ1) is 11.5. The number of amides is 2. The second-order valence-corrected chi connectivity index (χ2v) is 7.08. The van der Waals surface area contributed by atoms with Gasteiger partial charge in [-0.2, -0.15) is 11.8 Å². The molecule has 0 unspecified atom stereocenters. The number of hydrogen-bond donors (Lipinski definition) is 3. The van der Waals surface area contributed by atoms with Gasteiger partial charge in [0.15, 0.2) is 0 Å². The second kappa shape index (κ2) is 9.08. The highest BCUT2D eigenvalue weighted by molar-refractivity contribution is 7.98. The number of likely N-dealkylation sites (N-methyl/N-ethyl adjacent to an activating group) is 1. The minimum absolute atomic E-state index is 0.00280. The second-order valence-electron chi connectivity index (χ2n) is 6.10. The molecule has 1 aliphatic rings. The van der Waals surface area contributed by atoms with Crippen molar-refractivity contribution in [2.24, 2.45) is 0 Å². The molecular weight excluding hydrogens is 326 g/mol. The number of thioether (sulfide) groups is 1. The Hall–Kier alpha value is -1.54. The number of imidazole rings is 1. The SMILES string of the molecule is CCNC(=O)[C@@H]1C[C@H](NC(=O)CCSC)CN1Cc1ncc(C)[nH]1. The predicted octanol–water partition coefficient (Wildman–Crippen LogP) is 0.666. The van der Waals surface area contributed by atoms with Crippen molar-refractivity contribution >= 4 is 23.6 Å². The van der Waals surface area contributed by atoms with Crippen molar-refractivity contribution in [3.63, 3.8) is 0 Å². The molecule has 1 saturated heterocycles. The number of likely N-dealkylation sites (tertiary alicyclic amines) is 1. The number of carbonyl (C=O) groups is 2. The molecule has 0 radical (unpaired) electrons. The first-order valence-corrected chi connectivity index (χ1v) is 9.73. The summed E-state index contributed by atoms with van der Waals surface area (Å²) in [6, 6.07) is -0.232. The molecule has 7 nitrogen and oxygen atoms in total. The van der Waals surface area contributed by atoms with Crippen LogP contribution in [-0.2, 0) is 16.1 Å². The number of H-pyrrole nitrogens is 1. The summed E-state index contributed by atoms with van der Waals surface area (Å²) in [4.78, 5) is 33.9. The van der Waals surface area contributed by atoms with Crippen LogP contribution in [0.25, 0.3) is 0 Å². The van der Waals surface area contributed by atoms with Gasteiger partial charge in [-0.3, -0.25) is 14.5 Å². The van der Waals surface area contributed by atoms with Crippen LogP contribution in [0.3, 0.4) is 0 Å². The lowest BCUT2D eigenvalue weighted by atomic mass is 10.1. The molecule has 2 atom stereocenters. The maximum Gasteiger partial charge on any atom is 0.237 e. The van der Waals surface area contributed by atoms with Gasteiger partial charge in [-0.1, -0.05) is 0 Å². The molecule has 8 heteroatoms. The van der Waals surface area contributed by atoms with Gasteiger partial charge in [0.05, 0.1) is 12.6 Å². The van der Waals surface area contributed by atoms with Crippen molar-refractivity contribution in [2.45, 2.75) is 45.3 Å². The predicted molar refractivity (Wildman–Crippen MR) is 95.8 cm³/mol. The third-order valence-corrected chi connectivity index (χ3v) is 4.68. The molecule has 24 heavy (non-hydrogen) atoms. The minimum Gasteiger partial charge on any atom is -0.355 e. The fraction of sp³-hybridized carbons (Fsp3) is 0.688. The normalized spacial score (nSPS) is 21.0. The highest BCUT2D eigenvalue weighted by atomic mass is 32.2. The van der Waals surface area contributed by atoms with Crippen LogP contribution in [0.5, 0.6) is 0 Å². The Morgan fingerprint density at radius 1 is 1.50 bits per heavy atom. The molecule has 0 saturated carbocycles. The van der Waals surface area contributed by atoms with Crippen LogP contribution < -0.4 is 10.6 Å². The Bertz CT molecular complexity index is 562. The molecule has 1 aliphatic heterocycles. The molecule has 0 spiro atoms. The number of hydrogen-bond acceptors (Lipinski definition) is 5. The van der Waals surface area contributed by atoms with Crippen molar-refractivity contribution in [1.29, 1.82) is 0 Å². The number of aromatic amines is 1. The lowest BCUT2D eigenvalue weighted by molar-refractivity contribution is -0.125. The zero-order chi connectivity index (χ0) is 17.5. The third-order valence-electron chi connectivity index (χ3n) is 4.06. The molecule has 1 aromatic rings. The van der Waals surface area contributed by atoms with Crippen LogP contribution >= 0.6 is 11.8 Å². The lowest BCUT2D eigenvalue weighted by Crippen LogP contribution is -2.42. The van der Waals surface area contributed by atoms with Gasteiger partial charge in [0.2, 0.25) is 11.8 Å². The van der Waals surface area contributed by atoms with Gasteiger partial charge in [0, 0.05) is 43.2 Å². The molecule has 2 amide bonds. The summed E-state index contributed by atoms with van der Waals surface area (Å²) < 4.78 is 0. The van der Waals surface area contributed by atoms with Gasteiger partial charge in [-0.05, 0) is 26.5 Å². The van der Waals surface area contributed by atoms with Crippen LogP contribution in [0.4, 0.5) is 0 Å². The summed E-state index contributed by atoms with van der Waals surface area (Å²) in [5.74, 6) is 1.73. The number of rotatable bonds is 8. The van der Waals surface area contributed by atoms with Crippen molar-refractivity contribution in [2.75, 3.05) is 25.1 Å². The van der Waals surface area contributed by atoms with Crippen LogP contribution in [0.15, 0.2) is 6.20 Å². The van der Waals surface area contributed by atoms with Crippen molar-refractivity contribution in [3.05, 3.63) is 17.7 Å². The van der Waals surface area contributed by atoms with E-state index in [1.807, 2.05) is 20.1 Å². The quantitative estimate of drug-likeness (QED) is 0.639. The maximum atomic E-state index is 12.4. The Kier molecular flexibility index (Phi) is 7.11. The van der Waals surface area contributed by atoms with Crippen LogP contribution in [0, 0.1) is 6.92 Å². The van der Waals surface area contributed by atoms with E-state index in [2.05, 4.69) is 25.5 Å². The lowest BCUT2D eigenvalue weighted by Gasteiger charge is -2.22. The summed E-state index contributed by atoms with van der Waals surface area (Å²) in [5, 5.41) is 5.95. The number of nitrogens with one attached hydrogen (secondary N) is 3. The summed E-state index contributed by atoms with van der Waals surface area (Å²) in [6.45, 7) is 5.71. The third kappa shape index (κ3) is 5.24. The van der Waals surface area contributed by atoms with Crippen LogP contribution in [-0.4, -0.2) is 63.9 Å². The average molecular weight is 353 g/mol. The first-order valence-electron chi connectivity index (χ1n) is 8.34. The summed E-state index contributed by atoms with van der Waals surface area (Å²) in [7, 11) is 0. The molecule has 0 aliphatic carbocycles. The van der Waals surface area contributed by atoms with E-state index in [1.54, 1.807) is 18.0 Å².